The van der Waals surface area contributed by atoms with Gasteiger partial charge in [-0.3, -0.25) is 0 Å². The molecule has 64 heavy (non-hydrogen) atoms. The topological polar surface area (TPSA) is 3.24 Å². The number of allylic oxidation sites excluding steroid dienone is 1. The van der Waals surface area contributed by atoms with E-state index in [4.69, 9.17) is 0 Å². The number of hydrogen-bond donors (Lipinski definition) is 0. The third-order valence-electron chi connectivity index (χ3n) is 13.1. The molecule has 0 saturated carbocycles. The van der Waals surface area contributed by atoms with Crippen molar-refractivity contribution in [1.82, 2.24) is 0 Å². The second-order valence-corrected chi connectivity index (χ2v) is 16.8. The van der Waals surface area contributed by atoms with E-state index in [1.807, 2.05) is 0 Å². The molecule has 0 radical (unpaired) electrons. The highest BCUT2D eigenvalue weighted by Crippen LogP contribution is 2.42. The lowest BCUT2D eigenvalue weighted by Crippen LogP contribution is -2.09. The van der Waals surface area contributed by atoms with Crippen molar-refractivity contribution in [1.29, 1.82) is 0 Å². The fourth-order valence-electron chi connectivity index (χ4n) is 10.0. The molecule has 12 aromatic rings. The van der Waals surface area contributed by atoms with Crippen LogP contribution in [-0.4, -0.2) is 0 Å². The van der Waals surface area contributed by atoms with Crippen molar-refractivity contribution >= 4 is 93.3 Å². The lowest BCUT2D eigenvalue weighted by Gasteiger charge is -2.26. The van der Waals surface area contributed by atoms with Crippen LogP contribution in [0, 0.1) is 0 Å². The number of para-hydroxylation sites is 1. The van der Waals surface area contributed by atoms with Crippen molar-refractivity contribution in [2.24, 2.45) is 0 Å². The van der Waals surface area contributed by atoms with Crippen LogP contribution >= 0.6 is 0 Å². The third-order valence-corrected chi connectivity index (χ3v) is 13.1. The largest absolute Gasteiger partial charge is 0.310 e. The minimum absolute atomic E-state index is 0.822. The molecule has 1 heteroatoms. The Hall–Kier alpha value is -8.26. The predicted octanol–water partition coefficient (Wildman–Crippen LogP) is 17.5. The zero-order valence-electron chi connectivity index (χ0n) is 35.3. The van der Waals surface area contributed by atoms with Gasteiger partial charge in [0, 0.05) is 17.1 Å². The fourth-order valence-corrected chi connectivity index (χ4v) is 10.0. The summed E-state index contributed by atoms with van der Waals surface area (Å²) in [4.78, 5) is 2.37. The van der Waals surface area contributed by atoms with Crippen LogP contribution in [0.4, 0.5) is 17.1 Å². The summed E-state index contributed by atoms with van der Waals surface area (Å²) in [6.45, 7) is 0. The van der Waals surface area contributed by atoms with E-state index in [1.54, 1.807) is 0 Å². The minimum atomic E-state index is 0.822. The Morgan fingerprint density at radius 1 is 0.297 bits per heavy atom. The van der Waals surface area contributed by atoms with Gasteiger partial charge in [-0.1, -0.05) is 206 Å². The Kier molecular flexibility index (Phi) is 9.31. The van der Waals surface area contributed by atoms with E-state index in [1.165, 1.54) is 98.0 Å². The highest BCUT2D eigenvalue weighted by molar-refractivity contribution is 6.27. The first kappa shape index (κ1) is 37.5. The Labute approximate surface area is 373 Å². The Morgan fingerprint density at radius 2 is 0.672 bits per heavy atom. The summed E-state index contributed by atoms with van der Waals surface area (Å²) < 4.78 is 0. The number of anilines is 3. The molecule has 0 aliphatic rings. The summed E-state index contributed by atoms with van der Waals surface area (Å²) in [5.74, 6) is 0. The summed E-state index contributed by atoms with van der Waals surface area (Å²) in [5.41, 5.74) is 10.8. The minimum Gasteiger partial charge on any atom is -0.310 e. The predicted molar refractivity (Wildman–Crippen MR) is 276 cm³/mol. The van der Waals surface area contributed by atoms with Gasteiger partial charge in [0.05, 0.1) is 0 Å². The first-order valence-electron chi connectivity index (χ1n) is 22.2. The molecular weight excluding hydrogens is 771 g/mol. The van der Waals surface area contributed by atoms with Crippen molar-refractivity contribution in [3.05, 3.63) is 259 Å². The molecule has 0 heterocycles. The maximum atomic E-state index is 2.38. The van der Waals surface area contributed by atoms with E-state index in [9.17, 15) is 0 Å². The van der Waals surface area contributed by atoms with Crippen molar-refractivity contribution in [2.45, 2.75) is 6.42 Å². The molecule has 0 aliphatic carbocycles. The molecule has 0 aromatic heterocycles. The van der Waals surface area contributed by atoms with E-state index >= 15 is 0 Å². The second-order valence-electron chi connectivity index (χ2n) is 16.8. The number of rotatable bonds is 8. The maximum absolute atomic E-state index is 2.38. The van der Waals surface area contributed by atoms with Crippen molar-refractivity contribution < 1.29 is 0 Å². The zero-order valence-corrected chi connectivity index (χ0v) is 35.3. The SMILES string of the molecule is C(=C(\Cc1ccc(-c2ccc(N(c3ccccc3)c3ccc4c5ccccc5c5ccccc5c4c3)cc2)cc1)c1ccccc1)/c1ccc2c3ccccc3c3ccccc3c2c1. The van der Waals surface area contributed by atoms with Gasteiger partial charge < -0.3 is 4.90 Å². The van der Waals surface area contributed by atoms with E-state index in [0.717, 1.165) is 23.5 Å². The number of benzene rings is 12. The van der Waals surface area contributed by atoms with E-state index < -0.39 is 0 Å². The zero-order chi connectivity index (χ0) is 42.4. The standard InChI is InChI=1S/C63H43N/c1-3-15-45(16-4-1)48(40-44-29-37-60-56-23-9-7-19-52(56)54-21-11-13-25-58(54)62(60)41-44)39-43-27-30-46(31-28-43)47-32-34-50(35-33-47)64(49-17-5-2-6-18-49)51-36-38-61-57-24-10-8-20-53(57)55-22-12-14-26-59(55)63(61)42-51/h1-38,40-42H,39H2/b48-40-. The van der Waals surface area contributed by atoms with Crippen molar-refractivity contribution in [2.75, 3.05) is 4.90 Å². The highest BCUT2D eigenvalue weighted by Gasteiger charge is 2.16. The van der Waals surface area contributed by atoms with E-state index in [-0.39, 0.29) is 0 Å². The average molecular weight is 814 g/mol. The third kappa shape index (κ3) is 6.67. The van der Waals surface area contributed by atoms with Crippen LogP contribution in [-0.2, 0) is 6.42 Å². The van der Waals surface area contributed by atoms with E-state index in [2.05, 4.69) is 254 Å². The van der Waals surface area contributed by atoms with Crippen LogP contribution < -0.4 is 4.90 Å². The summed E-state index contributed by atoms with van der Waals surface area (Å²) in [6, 6.07) is 88.7. The first-order valence-corrected chi connectivity index (χ1v) is 22.2. The second kappa shape index (κ2) is 15.9. The monoisotopic (exact) mass is 813 g/mol. The average Bonchev–Trinajstić information content (AvgIpc) is 3.37. The molecule has 0 amide bonds. The molecule has 0 spiro atoms. The molecule has 0 saturated heterocycles. The van der Waals surface area contributed by atoms with Gasteiger partial charge in [0.15, 0.2) is 0 Å². The highest BCUT2D eigenvalue weighted by atomic mass is 15.1. The molecule has 12 aromatic carbocycles. The number of fused-ring (bicyclic) bond motifs is 12. The van der Waals surface area contributed by atoms with Gasteiger partial charge in [-0.05, 0) is 147 Å². The molecule has 0 unspecified atom stereocenters. The fraction of sp³-hybridized carbons (Fsp3) is 0.0159. The molecule has 0 N–H and O–H groups in total. The van der Waals surface area contributed by atoms with Gasteiger partial charge in [-0.2, -0.15) is 0 Å². The van der Waals surface area contributed by atoms with Gasteiger partial charge in [0.1, 0.15) is 0 Å². The van der Waals surface area contributed by atoms with Crippen LogP contribution in [0.1, 0.15) is 16.7 Å². The van der Waals surface area contributed by atoms with Gasteiger partial charge >= 0.3 is 0 Å². The number of hydrogen-bond acceptors (Lipinski definition) is 1. The van der Waals surface area contributed by atoms with Crippen molar-refractivity contribution in [3.8, 4) is 11.1 Å². The number of nitrogens with zero attached hydrogens (tertiary/aromatic N) is 1. The maximum Gasteiger partial charge on any atom is 0.0468 e. The molecule has 0 atom stereocenters. The summed E-state index contributed by atoms with van der Waals surface area (Å²) in [7, 11) is 0. The molecule has 1 nitrogen and oxygen atoms in total. The Morgan fingerprint density at radius 3 is 1.19 bits per heavy atom. The van der Waals surface area contributed by atoms with Crippen LogP contribution in [0.3, 0.4) is 0 Å². The Balaban J connectivity index is 0.869. The lowest BCUT2D eigenvalue weighted by atomic mass is 9.91. The lowest BCUT2D eigenvalue weighted by molar-refractivity contribution is 1.28. The van der Waals surface area contributed by atoms with Gasteiger partial charge in [0.25, 0.3) is 0 Å². The molecule has 0 bridgehead atoms. The molecule has 0 fully saturated rings. The van der Waals surface area contributed by atoms with E-state index in [0.29, 0.717) is 0 Å². The van der Waals surface area contributed by atoms with Gasteiger partial charge in [-0.15, -0.1) is 0 Å². The molecule has 12 rings (SSSR count). The Bertz CT molecular complexity index is 3650. The van der Waals surface area contributed by atoms with Crippen molar-refractivity contribution in [3.63, 3.8) is 0 Å². The summed E-state index contributed by atoms with van der Waals surface area (Å²) >= 11 is 0. The molecule has 0 aliphatic heterocycles. The quantitative estimate of drug-likeness (QED) is 0.109. The van der Waals surface area contributed by atoms with Gasteiger partial charge in [-0.25, -0.2) is 0 Å². The van der Waals surface area contributed by atoms with Crippen LogP contribution in [0.2, 0.25) is 0 Å². The van der Waals surface area contributed by atoms with Gasteiger partial charge in [0.2, 0.25) is 0 Å². The normalized spacial score (nSPS) is 11.9. The smallest absolute Gasteiger partial charge is 0.0468 e. The first-order chi connectivity index (χ1) is 31.7. The van der Waals surface area contributed by atoms with Crippen LogP contribution in [0.5, 0.6) is 0 Å². The van der Waals surface area contributed by atoms with Crippen LogP contribution in [0.15, 0.2) is 243 Å². The summed E-state index contributed by atoms with van der Waals surface area (Å²) in [6.07, 6.45) is 3.20. The van der Waals surface area contributed by atoms with Crippen LogP contribution in [0.25, 0.3) is 87.4 Å². The summed E-state index contributed by atoms with van der Waals surface area (Å²) in [5, 5.41) is 15.4. The molecular formula is C63H43N. The molecule has 300 valence electrons.